The fourth-order valence-corrected chi connectivity index (χ4v) is 3.01. The lowest BCUT2D eigenvalue weighted by Crippen LogP contribution is -2.36. The van der Waals surface area contributed by atoms with Crippen LogP contribution < -0.4 is 5.32 Å². The van der Waals surface area contributed by atoms with Gasteiger partial charge < -0.3 is 10.2 Å². The molecule has 1 amide bonds. The highest BCUT2D eigenvalue weighted by atomic mass is 16.2. The molecule has 3 rings (SSSR count). The molecular formula is C19H23N3O. The number of amides is 1. The van der Waals surface area contributed by atoms with Crippen LogP contribution in [0.2, 0.25) is 0 Å². The number of aryl methyl sites for hydroxylation is 2. The van der Waals surface area contributed by atoms with Crippen molar-refractivity contribution in [1.29, 1.82) is 0 Å². The third kappa shape index (κ3) is 3.52. The molecule has 1 fully saturated rings. The Bertz CT molecular complexity index is 668. The van der Waals surface area contributed by atoms with Crippen molar-refractivity contribution < 1.29 is 4.79 Å². The van der Waals surface area contributed by atoms with Crippen molar-refractivity contribution in [3.63, 3.8) is 0 Å². The van der Waals surface area contributed by atoms with Crippen molar-refractivity contribution in [2.24, 2.45) is 0 Å². The summed E-state index contributed by atoms with van der Waals surface area (Å²) in [5.41, 5.74) is 4.91. The Morgan fingerprint density at radius 1 is 1.04 bits per heavy atom. The summed E-state index contributed by atoms with van der Waals surface area (Å²) in [4.78, 5) is 18.7. The van der Waals surface area contributed by atoms with E-state index in [1.54, 1.807) is 6.20 Å². The van der Waals surface area contributed by atoms with Gasteiger partial charge in [0, 0.05) is 18.8 Å². The van der Waals surface area contributed by atoms with Crippen LogP contribution in [-0.2, 0) is 0 Å². The largest absolute Gasteiger partial charge is 0.354 e. The molecule has 1 aliphatic heterocycles. The van der Waals surface area contributed by atoms with Crippen LogP contribution in [0, 0.1) is 13.8 Å². The van der Waals surface area contributed by atoms with E-state index < -0.39 is 0 Å². The van der Waals surface area contributed by atoms with Gasteiger partial charge in [0.25, 0.3) is 5.91 Å². The first kappa shape index (κ1) is 15.5. The van der Waals surface area contributed by atoms with Crippen molar-refractivity contribution in [2.45, 2.75) is 33.1 Å². The molecule has 0 spiro atoms. The van der Waals surface area contributed by atoms with Gasteiger partial charge in [0.2, 0.25) is 0 Å². The van der Waals surface area contributed by atoms with Gasteiger partial charge >= 0.3 is 0 Å². The molecule has 2 aromatic rings. The van der Waals surface area contributed by atoms with E-state index in [1.807, 2.05) is 17.0 Å². The summed E-state index contributed by atoms with van der Waals surface area (Å²) in [6.07, 6.45) is 5.15. The molecule has 4 heteroatoms. The number of anilines is 2. The fraction of sp³-hybridized carbons (Fsp3) is 0.368. The van der Waals surface area contributed by atoms with Gasteiger partial charge in [0.05, 0.1) is 11.9 Å². The van der Waals surface area contributed by atoms with Crippen molar-refractivity contribution in [1.82, 2.24) is 9.88 Å². The quantitative estimate of drug-likeness (QED) is 0.929. The second-order valence-electron chi connectivity index (χ2n) is 6.18. The number of likely N-dealkylation sites (tertiary alicyclic amines) is 1. The maximum Gasteiger partial charge on any atom is 0.272 e. The number of hydrogen-bond donors (Lipinski definition) is 1. The fourth-order valence-electron chi connectivity index (χ4n) is 3.01. The lowest BCUT2D eigenvalue weighted by atomic mass is 10.1. The first-order valence-corrected chi connectivity index (χ1v) is 8.24. The standard InChI is InChI=1S/C19H23N3O/c1-14-7-6-8-15(2)18(14)21-16-9-10-17(20-13-16)19(23)22-11-4-3-5-12-22/h6-10,13,21H,3-5,11-12H2,1-2H3. The summed E-state index contributed by atoms with van der Waals surface area (Å²) in [5, 5.41) is 3.40. The molecule has 0 aliphatic carbocycles. The highest BCUT2D eigenvalue weighted by Crippen LogP contribution is 2.24. The summed E-state index contributed by atoms with van der Waals surface area (Å²) >= 11 is 0. The van der Waals surface area contributed by atoms with Gasteiger partial charge in [0.1, 0.15) is 5.69 Å². The summed E-state index contributed by atoms with van der Waals surface area (Å²) < 4.78 is 0. The van der Waals surface area contributed by atoms with Gasteiger partial charge in [-0.3, -0.25) is 4.79 Å². The molecule has 1 aromatic heterocycles. The molecule has 0 bridgehead atoms. The van der Waals surface area contributed by atoms with Gasteiger partial charge in [-0.05, 0) is 56.4 Å². The van der Waals surface area contributed by atoms with Crippen LogP contribution in [0.1, 0.15) is 40.9 Å². The van der Waals surface area contributed by atoms with Gasteiger partial charge in [-0.25, -0.2) is 4.98 Å². The Hall–Kier alpha value is -2.36. The van der Waals surface area contributed by atoms with Gasteiger partial charge in [0.15, 0.2) is 0 Å². The van der Waals surface area contributed by atoms with E-state index in [0.29, 0.717) is 5.69 Å². The van der Waals surface area contributed by atoms with Crippen LogP contribution >= 0.6 is 0 Å². The molecule has 1 aliphatic rings. The number of carbonyl (C=O) groups excluding carboxylic acids is 1. The number of hydrogen-bond acceptors (Lipinski definition) is 3. The van der Waals surface area contributed by atoms with E-state index in [4.69, 9.17) is 0 Å². The average molecular weight is 309 g/mol. The second kappa shape index (κ2) is 6.82. The normalized spacial score (nSPS) is 14.6. The van der Waals surface area contributed by atoms with Crippen LogP contribution in [0.25, 0.3) is 0 Å². The van der Waals surface area contributed by atoms with E-state index in [1.165, 1.54) is 17.5 Å². The molecule has 0 radical (unpaired) electrons. The van der Waals surface area contributed by atoms with E-state index in [9.17, 15) is 4.79 Å². The molecule has 4 nitrogen and oxygen atoms in total. The van der Waals surface area contributed by atoms with Crippen LogP contribution in [-0.4, -0.2) is 28.9 Å². The van der Waals surface area contributed by atoms with Crippen LogP contribution in [0.15, 0.2) is 36.5 Å². The Kier molecular flexibility index (Phi) is 4.60. The smallest absolute Gasteiger partial charge is 0.272 e. The SMILES string of the molecule is Cc1cccc(C)c1Nc1ccc(C(=O)N2CCCCC2)nc1. The Morgan fingerprint density at radius 3 is 2.35 bits per heavy atom. The van der Waals surface area contributed by atoms with Crippen molar-refractivity contribution in [2.75, 3.05) is 18.4 Å². The van der Waals surface area contributed by atoms with E-state index in [2.05, 4.69) is 42.3 Å². The van der Waals surface area contributed by atoms with Crippen LogP contribution in [0.4, 0.5) is 11.4 Å². The number of carbonyl (C=O) groups is 1. The zero-order valence-electron chi connectivity index (χ0n) is 13.8. The number of rotatable bonds is 3. The maximum atomic E-state index is 12.4. The summed E-state index contributed by atoms with van der Waals surface area (Å²) in [5.74, 6) is 0.0447. The molecule has 1 N–H and O–H groups in total. The Morgan fingerprint density at radius 2 is 1.74 bits per heavy atom. The number of nitrogens with zero attached hydrogens (tertiary/aromatic N) is 2. The molecule has 23 heavy (non-hydrogen) atoms. The number of aromatic nitrogens is 1. The minimum atomic E-state index is 0.0447. The number of nitrogens with one attached hydrogen (secondary N) is 1. The molecule has 0 unspecified atom stereocenters. The molecule has 1 saturated heterocycles. The molecule has 0 atom stereocenters. The second-order valence-corrected chi connectivity index (χ2v) is 6.18. The molecule has 120 valence electrons. The number of pyridine rings is 1. The molecule has 0 saturated carbocycles. The summed E-state index contributed by atoms with van der Waals surface area (Å²) in [7, 11) is 0. The molecule has 2 heterocycles. The third-order valence-corrected chi connectivity index (χ3v) is 4.38. The van der Waals surface area contributed by atoms with Crippen molar-refractivity contribution in [3.05, 3.63) is 53.3 Å². The topological polar surface area (TPSA) is 45.2 Å². The maximum absolute atomic E-state index is 12.4. The highest BCUT2D eigenvalue weighted by Gasteiger charge is 2.19. The monoisotopic (exact) mass is 309 g/mol. The lowest BCUT2D eigenvalue weighted by Gasteiger charge is -2.26. The van der Waals surface area contributed by atoms with Crippen LogP contribution in [0.3, 0.4) is 0 Å². The van der Waals surface area contributed by atoms with E-state index >= 15 is 0 Å². The zero-order valence-corrected chi connectivity index (χ0v) is 13.8. The summed E-state index contributed by atoms with van der Waals surface area (Å²) in [6, 6.07) is 9.95. The van der Waals surface area contributed by atoms with Gasteiger partial charge in [-0.15, -0.1) is 0 Å². The number of para-hydroxylation sites is 1. The van der Waals surface area contributed by atoms with Gasteiger partial charge in [-0.2, -0.15) is 0 Å². The van der Waals surface area contributed by atoms with E-state index in [0.717, 1.165) is 37.3 Å². The Balaban J connectivity index is 1.73. The van der Waals surface area contributed by atoms with Crippen LogP contribution in [0.5, 0.6) is 0 Å². The van der Waals surface area contributed by atoms with E-state index in [-0.39, 0.29) is 5.91 Å². The predicted molar refractivity (Wildman–Crippen MR) is 93.2 cm³/mol. The minimum Gasteiger partial charge on any atom is -0.354 e. The zero-order chi connectivity index (χ0) is 16.2. The minimum absolute atomic E-state index is 0.0447. The highest BCUT2D eigenvalue weighted by molar-refractivity contribution is 5.92. The average Bonchev–Trinajstić information content (AvgIpc) is 2.59. The first-order chi connectivity index (χ1) is 11.1. The number of piperidine rings is 1. The summed E-state index contributed by atoms with van der Waals surface area (Å²) in [6.45, 7) is 5.86. The molecule has 1 aromatic carbocycles. The molecular weight excluding hydrogens is 286 g/mol. The predicted octanol–water partition coefficient (Wildman–Crippen LogP) is 4.07. The lowest BCUT2D eigenvalue weighted by molar-refractivity contribution is 0.0718. The van der Waals surface area contributed by atoms with Gasteiger partial charge in [-0.1, -0.05) is 18.2 Å². The first-order valence-electron chi connectivity index (χ1n) is 8.24. The van der Waals surface area contributed by atoms with Crippen molar-refractivity contribution in [3.8, 4) is 0 Å². The number of benzene rings is 1. The Labute approximate surface area is 137 Å². The van der Waals surface area contributed by atoms with Crippen molar-refractivity contribution >= 4 is 17.3 Å². The third-order valence-electron chi connectivity index (χ3n) is 4.38.